The van der Waals surface area contributed by atoms with Crippen molar-refractivity contribution >= 4 is 32.8 Å². The molecule has 0 saturated carbocycles. The van der Waals surface area contributed by atoms with Crippen LogP contribution in [0.25, 0.3) is 0 Å². The topological polar surface area (TPSA) is 78.2 Å². The number of rotatable bonds is 6. The van der Waals surface area contributed by atoms with Gasteiger partial charge in [0.25, 0.3) is 0 Å². The van der Waals surface area contributed by atoms with Gasteiger partial charge in [-0.1, -0.05) is 0 Å². The molecule has 7 heteroatoms. The number of sulfonamides is 1. The van der Waals surface area contributed by atoms with Crippen molar-refractivity contribution in [1.29, 1.82) is 5.26 Å². The zero-order valence-corrected chi connectivity index (χ0v) is 14.4. The monoisotopic (exact) mass is 348 g/mol. The molecule has 1 aromatic carbocycles. The number of ketones is 1. The van der Waals surface area contributed by atoms with Crippen LogP contribution in [0.2, 0.25) is 0 Å². The molecule has 0 saturated heterocycles. The molecule has 1 aromatic heterocycles. The van der Waals surface area contributed by atoms with Gasteiger partial charge in [-0.25, -0.2) is 8.42 Å². The number of carbonyl (C=O) groups is 1. The molecule has 0 aliphatic heterocycles. The van der Waals surface area contributed by atoms with Crippen LogP contribution >= 0.6 is 11.3 Å². The summed E-state index contributed by atoms with van der Waals surface area (Å²) < 4.78 is 26.1. The van der Waals surface area contributed by atoms with Crippen molar-refractivity contribution in [1.82, 2.24) is 0 Å². The van der Waals surface area contributed by atoms with E-state index < -0.39 is 10.0 Å². The van der Waals surface area contributed by atoms with E-state index in [2.05, 4.69) is 0 Å². The van der Waals surface area contributed by atoms with Gasteiger partial charge in [0, 0.05) is 10.4 Å². The van der Waals surface area contributed by atoms with Crippen LogP contribution in [0.1, 0.15) is 34.0 Å². The van der Waals surface area contributed by atoms with E-state index in [1.165, 1.54) is 22.6 Å². The number of hydrogen-bond acceptors (Lipinski definition) is 5. The smallest absolute Gasteiger partial charge is 0.235 e. The lowest BCUT2D eigenvalue weighted by molar-refractivity contribution is 0.101. The number of Topliss-reactive ketones (excluding diaryl/α,β-unsaturated/α-hetero) is 1. The highest BCUT2D eigenvalue weighted by Crippen LogP contribution is 2.25. The summed E-state index contributed by atoms with van der Waals surface area (Å²) in [5.74, 6) is -0.101. The molecule has 120 valence electrons. The van der Waals surface area contributed by atoms with Crippen molar-refractivity contribution in [2.24, 2.45) is 0 Å². The zero-order valence-electron chi connectivity index (χ0n) is 12.8. The van der Waals surface area contributed by atoms with E-state index >= 15 is 0 Å². The summed E-state index contributed by atoms with van der Waals surface area (Å²) in [5.41, 5.74) is 1.04. The Morgan fingerprint density at radius 1 is 1.22 bits per heavy atom. The number of thiophene rings is 1. The Morgan fingerprint density at radius 3 is 2.35 bits per heavy atom. The average Bonchev–Trinajstić information content (AvgIpc) is 3.00. The van der Waals surface area contributed by atoms with Crippen LogP contribution in [0.15, 0.2) is 36.4 Å². The van der Waals surface area contributed by atoms with E-state index in [1.54, 1.807) is 43.3 Å². The molecule has 2 aromatic rings. The summed E-state index contributed by atoms with van der Waals surface area (Å²) >= 11 is 1.27. The molecule has 0 spiro atoms. The maximum atomic E-state index is 12.4. The Kier molecular flexibility index (Phi) is 5.19. The van der Waals surface area contributed by atoms with E-state index in [1.807, 2.05) is 6.07 Å². The lowest BCUT2D eigenvalue weighted by Gasteiger charge is -2.23. The highest BCUT2D eigenvalue weighted by Gasteiger charge is 2.21. The third-order valence-electron chi connectivity index (χ3n) is 3.33. The first-order valence-corrected chi connectivity index (χ1v) is 9.40. The summed E-state index contributed by atoms with van der Waals surface area (Å²) in [6, 6.07) is 12.0. The summed E-state index contributed by atoms with van der Waals surface area (Å²) in [7, 11) is -3.47. The molecular formula is C16H16N2O3S2. The van der Waals surface area contributed by atoms with Gasteiger partial charge in [0.1, 0.15) is 10.9 Å². The second kappa shape index (κ2) is 6.94. The molecule has 1 heterocycles. The van der Waals surface area contributed by atoms with Crippen molar-refractivity contribution in [3.63, 3.8) is 0 Å². The van der Waals surface area contributed by atoms with Crippen molar-refractivity contribution in [3.05, 3.63) is 51.7 Å². The fraction of sp³-hybridized carbons (Fsp3) is 0.250. The van der Waals surface area contributed by atoms with Crippen LogP contribution < -0.4 is 4.31 Å². The quantitative estimate of drug-likeness (QED) is 0.751. The number of anilines is 1. The molecule has 0 N–H and O–H groups in total. The Balaban J connectivity index is 2.38. The molecule has 0 aliphatic carbocycles. The number of hydrogen-bond donors (Lipinski definition) is 0. The predicted molar refractivity (Wildman–Crippen MR) is 91.1 cm³/mol. The van der Waals surface area contributed by atoms with Crippen molar-refractivity contribution in [3.8, 4) is 6.07 Å². The van der Waals surface area contributed by atoms with Crippen molar-refractivity contribution in [2.75, 3.05) is 10.1 Å². The van der Waals surface area contributed by atoms with Crippen molar-refractivity contribution < 1.29 is 13.2 Å². The van der Waals surface area contributed by atoms with Crippen LogP contribution in [0.4, 0.5) is 5.69 Å². The fourth-order valence-electron chi connectivity index (χ4n) is 2.03. The highest BCUT2D eigenvalue weighted by molar-refractivity contribution is 7.92. The average molecular weight is 348 g/mol. The lowest BCUT2D eigenvalue weighted by Crippen LogP contribution is -2.31. The molecule has 0 bridgehead atoms. The van der Waals surface area contributed by atoms with Gasteiger partial charge in [-0.05, 0) is 50.2 Å². The summed E-state index contributed by atoms with van der Waals surface area (Å²) in [6.45, 7) is 3.22. The standard InChI is InChI=1S/C16H16N2O3S2/c1-3-23(20,21)18(11-16-9-8-15(10-17)22-16)14-6-4-13(5-7-14)12(2)19/h4-9H,3,11H2,1-2H3. The van der Waals surface area contributed by atoms with Gasteiger partial charge >= 0.3 is 0 Å². The van der Waals surface area contributed by atoms with Crippen molar-refractivity contribution in [2.45, 2.75) is 20.4 Å². The molecule has 0 amide bonds. The highest BCUT2D eigenvalue weighted by atomic mass is 32.2. The van der Waals surface area contributed by atoms with Gasteiger partial charge < -0.3 is 0 Å². The molecule has 5 nitrogen and oxygen atoms in total. The Hall–Kier alpha value is -2.17. The first-order valence-electron chi connectivity index (χ1n) is 6.97. The number of carbonyl (C=O) groups excluding carboxylic acids is 1. The van der Waals surface area contributed by atoms with E-state index in [4.69, 9.17) is 5.26 Å². The van der Waals surface area contributed by atoms with Crippen LogP contribution in [0.5, 0.6) is 0 Å². The minimum Gasteiger partial charge on any atom is -0.295 e. The first kappa shape index (κ1) is 17.2. The van der Waals surface area contributed by atoms with Gasteiger partial charge in [0.05, 0.1) is 18.0 Å². The Bertz CT molecular complexity index is 846. The summed E-state index contributed by atoms with van der Waals surface area (Å²) in [4.78, 5) is 12.7. The summed E-state index contributed by atoms with van der Waals surface area (Å²) in [5, 5.41) is 8.89. The third-order valence-corrected chi connectivity index (χ3v) is 6.05. The molecule has 0 fully saturated rings. The summed E-state index contributed by atoms with van der Waals surface area (Å²) in [6.07, 6.45) is 0. The SMILES string of the molecule is CCS(=O)(=O)N(Cc1ccc(C#N)s1)c1ccc(C(C)=O)cc1. The predicted octanol–water partition coefficient (Wildman–Crippen LogP) is 3.18. The largest absolute Gasteiger partial charge is 0.295 e. The van der Waals surface area contributed by atoms with E-state index in [0.29, 0.717) is 16.1 Å². The molecule has 0 unspecified atom stereocenters. The minimum absolute atomic E-state index is 0.0298. The minimum atomic E-state index is -3.47. The number of nitriles is 1. The second-order valence-electron chi connectivity index (χ2n) is 4.89. The maximum Gasteiger partial charge on any atom is 0.235 e. The molecular weight excluding hydrogens is 332 g/mol. The number of benzene rings is 1. The van der Waals surface area contributed by atoms with Crippen LogP contribution in [-0.2, 0) is 16.6 Å². The van der Waals surface area contributed by atoms with Crippen LogP contribution in [0, 0.1) is 11.3 Å². The molecule has 0 aliphatic rings. The van der Waals surface area contributed by atoms with Gasteiger partial charge in [-0.2, -0.15) is 5.26 Å². The van der Waals surface area contributed by atoms with Gasteiger partial charge in [-0.15, -0.1) is 11.3 Å². The van der Waals surface area contributed by atoms with Gasteiger partial charge in [-0.3, -0.25) is 9.10 Å². The van der Waals surface area contributed by atoms with E-state index in [9.17, 15) is 13.2 Å². The van der Waals surface area contributed by atoms with E-state index in [0.717, 1.165) is 4.88 Å². The second-order valence-corrected chi connectivity index (χ2v) is 8.24. The zero-order chi connectivity index (χ0) is 17.0. The van der Waals surface area contributed by atoms with E-state index in [-0.39, 0.29) is 18.1 Å². The maximum absolute atomic E-state index is 12.4. The van der Waals surface area contributed by atoms with Crippen LogP contribution in [0.3, 0.4) is 0 Å². The fourth-order valence-corrected chi connectivity index (χ4v) is 4.00. The Labute approximate surface area is 139 Å². The van der Waals surface area contributed by atoms with Gasteiger partial charge in [0.15, 0.2) is 5.78 Å². The lowest BCUT2D eigenvalue weighted by atomic mass is 10.1. The molecule has 0 radical (unpaired) electrons. The first-order chi connectivity index (χ1) is 10.9. The third kappa shape index (κ3) is 3.97. The van der Waals surface area contributed by atoms with Crippen LogP contribution in [-0.4, -0.2) is 20.0 Å². The normalized spacial score (nSPS) is 11.0. The molecule has 2 rings (SSSR count). The van der Waals surface area contributed by atoms with Gasteiger partial charge in [0.2, 0.25) is 10.0 Å². The molecule has 0 atom stereocenters. The number of nitrogens with zero attached hydrogens (tertiary/aromatic N) is 2. The Morgan fingerprint density at radius 2 is 1.87 bits per heavy atom. The molecule has 23 heavy (non-hydrogen) atoms.